The molecule has 0 aliphatic carbocycles. The molecule has 0 saturated heterocycles. The summed E-state index contributed by atoms with van der Waals surface area (Å²) in [5.41, 5.74) is 2.20. The molecule has 4 nitrogen and oxygen atoms in total. The van der Waals surface area contributed by atoms with Crippen LogP contribution in [0.4, 0.5) is 0 Å². The average Bonchev–Trinajstić information content (AvgIpc) is 2.76. The van der Waals surface area contributed by atoms with E-state index in [1.807, 2.05) is 30.8 Å². The number of aryl methyl sites for hydroxylation is 2. The Morgan fingerprint density at radius 1 is 1.38 bits per heavy atom. The molecule has 1 aromatic heterocycles. The highest BCUT2D eigenvalue weighted by molar-refractivity contribution is 7.99. The van der Waals surface area contributed by atoms with Crippen molar-refractivity contribution >= 4 is 23.4 Å². The van der Waals surface area contributed by atoms with Crippen molar-refractivity contribution in [2.45, 2.75) is 23.4 Å². The number of aromatic nitrogens is 2. The Morgan fingerprint density at radius 2 is 2.19 bits per heavy atom. The molecule has 0 radical (unpaired) electrons. The molecule has 0 unspecified atom stereocenters. The Hall–Kier alpha value is -1.01. The minimum Gasteiger partial charge on any atom is -0.383 e. The van der Waals surface area contributed by atoms with Crippen molar-refractivity contribution in [2.75, 3.05) is 20.3 Å². The van der Waals surface area contributed by atoms with Crippen LogP contribution in [0.1, 0.15) is 11.3 Å². The molecule has 114 valence electrons. The number of nitrogens with one attached hydrogen (secondary N) is 1. The van der Waals surface area contributed by atoms with Crippen molar-refractivity contribution in [3.63, 3.8) is 0 Å². The quantitative estimate of drug-likeness (QED) is 0.793. The number of methoxy groups -OCH3 is 1. The summed E-state index contributed by atoms with van der Waals surface area (Å²) >= 11 is 7.82. The summed E-state index contributed by atoms with van der Waals surface area (Å²) in [6, 6.07) is 8.07. The van der Waals surface area contributed by atoms with E-state index in [1.165, 1.54) is 10.5 Å². The van der Waals surface area contributed by atoms with Crippen LogP contribution in [0.2, 0.25) is 5.02 Å². The van der Waals surface area contributed by atoms with Crippen molar-refractivity contribution in [1.29, 1.82) is 0 Å². The summed E-state index contributed by atoms with van der Waals surface area (Å²) in [7, 11) is 3.66. The molecule has 1 heterocycles. The Labute approximate surface area is 134 Å². The van der Waals surface area contributed by atoms with Crippen LogP contribution >= 0.6 is 23.4 Å². The third-order valence-corrected chi connectivity index (χ3v) is 4.44. The Morgan fingerprint density at radius 3 is 2.86 bits per heavy atom. The van der Waals surface area contributed by atoms with Crippen LogP contribution in [0.3, 0.4) is 0 Å². The van der Waals surface area contributed by atoms with Crippen LogP contribution < -0.4 is 5.32 Å². The summed E-state index contributed by atoms with van der Waals surface area (Å²) < 4.78 is 6.94. The second-order valence-corrected chi connectivity index (χ2v) is 6.27. The molecular weight excluding hydrogens is 306 g/mol. The molecule has 2 aromatic rings. The Kier molecular flexibility index (Phi) is 6.11. The average molecular weight is 326 g/mol. The zero-order valence-corrected chi connectivity index (χ0v) is 14.1. The lowest BCUT2D eigenvalue weighted by Gasteiger charge is -2.11. The van der Waals surface area contributed by atoms with E-state index in [0.717, 1.165) is 28.8 Å². The molecular formula is C15H20ClN3OS. The highest BCUT2D eigenvalue weighted by atomic mass is 35.5. The number of hydrogen-bond donors (Lipinski definition) is 1. The lowest BCUT2D eigenvalue weighted by atomic mass is 10.2. The number of hydrogen-bond acceptors (Lipinski definition) is 4. The van der Waals surface area contributed by atoms with Gasteiger partial charge in [0.05, 0.1) is 17.3 Å². The molecule has 2 rings (SSSR count). The fourth-order valence-electron chi connectivity index (χ4n) is 1.98. The van der Waals surface area contributed by atoms with Gasteiger partial charge in [0.25, 0.3) is 0 Å². The van der Waals surface area contributed by atoms with E-state index in [1.54, 1.807) is 18.9 Å². The molecule has 1 aromatic carbocycles. The van der Waals surface area contributed by atoms with E-state index in [-0.39, 0.29) is 0 Å². The second-order valence-electron chi connectivity index (χ2n) is 4.77. The standard InChI is InChI=1S/C15H20ClN3OS/c1-11-8-15(19(2)18-11)21-14-5-4-13(16)9-12(14)10-17-6-7-20-3/h4-5,8-9,17H,6-7,10H2,1-3H3. The predicted octanol–water partition coefficient (Wildman–Crippen LogP) is 3.27. The van der Waals surface area contributed by atoms with Gasteiger partial charge >= 0.3 is 0 Å². The highest BCUT2D eigenvalue weighted by Gasteiger charge is 2.09. The molecule has 0 spiro atoms. The van der Waals surface area contributed by atoms with E-state index in [2.05, 4.69) is 22.5 Å². The van der Waals surface area contributed by atoms with Gasteiger partial charge in [-0.25, -0.2) is 0 Å². The van der Waals surface area contributed by atoms with Crippen molar-refractivity contribution in [1.82, 2.24) is 15.1 Å². The summed E-state index contributed by atoms with van der Waals surface area (Å²) in [5.74, 6) is 0. The van der Waals surface area contributed by atoms with Gasteiger partial charge in [-0.3, -0.25) is 4.68 Å². The number of nitrogens with zero attached hydrogens (tertiary/aromatic N) is 2. The molecule has 21 heavy (non-hydrogen) atoms. The minimum atomic E-state index is 0.698. The molecule has 6 heteroatoms. The normalized spacial score (nSPS) is 11.0. The van der Waals surface area contributed by atoms with Gasteiger partial charge in [0.2, 0.25) is 0 Å². The maximum atomic E-state index is 6.12. The lowest BCUT2D eigenvalue weighted by molar-refractivity contribution is 0.199. The van der Waals surface area contributed by atoms with Crippen LogP contribution in [0.5, 0.6) is 0 Å². The van der Waals surface area contributed by atoms with Gasteiger partial charge in [0.1, 0.15) is 0 Å². The monoisotopic (exact) mass is 325 g/mol. The van der Waals surface area contributed by atoms with Crippen molar-refractivity contribution in [2.24, 2.45) is 7.05 Å². The number of benzene rings is 1. The summed E-state index contributed by atoms with van der Waals surface area (Å²) in [6.45, 7) is 4.28. The van der Waals surface area contributed by atoms with Crippen LogP contribution in [-0.2, 0) is 18.3 Å². The molecule has 0 bridgehead atoms. The largest absolute Gasteiger partial charge is 0.383 e. The summed E-state index contributed by atoms with van der Waals surface area (Å²) in [6.07, 6.45) is 0. The minimum absolute atomic E-state index is 0.698. The van der Waals surface area contributed by atoms with Crippen molar-refractivity contribution < 1.29 is 4.74 Å². The predicted molar refractivity (Wildman–Crippen MR) is 87.1 cm³/mol. The van der Waals surface area contributed by atoms with E-state index in [9.17, 15) is 0 Å². The van der Waals surface area contributed by atoms with Gasteiger partial charge in [0, 0.05) is 37.2 Å². The zero-order valence-electron chi connectivity index (χ0n) is 12.5. The first kappa shape index (κ1) is 16.4. The van der Waals surface area contributed by atoms with E-state index >= 15 is 0 Å². The van der Waals surface area contributed by atoms with Crippen molar-refractivity contribution in [3.8, 4) is 0 Å². The molecule has 0 fully saturated rings. The van der Waals surface area contributed by atoms with Gasteiger partial charge in [-0.05, 0) is 36.8 Å². The smallest absolute Gasteiger partial charge is 0.0987 e. The third-order valence-electron chi connectivity index (χ3n) is 2.99. The number of ether oxygens (including phenoxy) is 1. The van der Waals surface area contributed by atoms with Gasteiger partial charge < -0.3 is 10.1 Å². The SMILES string of the molecule is COCCNCc1cc(Cl)ccc1Sc1cc(C)nn1C. The molecule has 0 aliphatic rings. The molecule has 0 aliphatic heterocycles. The third kappa shape index (κ3) is 4.74. The first-order valence-corrected chi connectivity index (χ1v) is 7.96. The molecule has 0 amide bonds. The van der Waals surface area contributed by atoms with Gasteiger partial charge in [-0.15, -0.1) is 0 Å². The van der Waals surface area contributed by atoms with E-state index < -0.39 is 0 Å². The summed E-state index contributed by atoms with van der Waals surface area (Å²) in [5, 5.41) is 9.61. The number of rotatable bonds is 7. The van der Waals surface area contributed by atoms with E-state index in [4.69, 9.17) is 16.3 Å². The van der Waals surface area contributed by atoms with Gasteiger partial charge in [-0.2, -0.15) is 5.10 Å². The van der Waals surface area contributed by atoms with E-state index in [0.29, 0.717) is 6.61 Å². The van der Waals surface area contributed by atoms with Crippen LogP contribution in [-0.4, -0.2) is 30.0 Å². The fraction of sp³-hybridized carbons (Fsp3) is 0.400. The maximum absolute atomic E-state index is 6.12. The lowest BCUT2D eigenvalue weighted by Crippen LogP contribution is -2.18. The maximum Gasteiger partial charge on any atom is 0.0987 e. The van der Waals surface area contributed by atoms with Crippen LogP contribution in [0.25, 0.3) is 0 Å². The van der Waals surface area contributed by atoms with Gasteiger partial charge in [0.15, 0.2) is 0 Å². The van der Waals surface area contributed by atoms with Crippen LogP contribution in [0, 0.1) is 6.92 Å². The second kappa shape index (κ2) is 7.84. The Bertz CT molecular complexity index is 601. The topological polar surface area (TPSA) is 39.1 Å². The van der Waals surface area contributed by atoms with Gasteiger partial charge in [-0.1, -0.05) is 23.4 Å². The number of halogens is 1. The summed E-state index contributed by atoms with van der Waals surface area (Å²) in [4.78, 5) is 1.19. The van der Waals surface area contributed by atoms with Crippen molar-refractivity contribution in [3.05, 3.63) is 40.5 Å². The van der Waals surface area contributed by atoms with Crippen LogP contribution in [0.15, 0.2) is 34.2 Å². The fourth-order valence-corrected chi connectivity index (χ4v) is 3.20. The highest BCUT2D eigenvalue weighted by Crippen LogP contribution is 2.32. The first-order valence-electron chi connectivity index (χ1n) is 6.76. The first-order chi connectivity index (χ1) is 10.1. The molecule has 0 saturated carbocycles. The Balaban J connectivity index is 2.12. The molecule has 1 N–H and O–H groups in total. The molecule has 0 atom stereocenters. The zero-order chi connectivity index (χ0) is 15.2.